The number of nitrogens with two attached hydrogens (primary N) is 2. The van der Waals surface area contributed by atoms with Crippen LogP contribution < -0.4 is 22.1 Å². The lowest BCUT2D eigenvalue weighted by atomic mass is 10.2. The molecular weight excluding hydrogens is 348 g/mol. The van der Waals surface area contributed by atoms with Crippen LogP contribution in [0.3, 0.4) is 0 Å². The third-order valence-electron chi connectivity index (χ3n) is 3.70. The Morgan fingerprint density at radius 3 is 2.07 bits per heavy atom. The second-order valence-electron chi connectivity index (χ2n) is 5.39. The van der Waals surface area contributed by atoms with E-state index in [0.717, 1.165) is 11.3 Å². The Bertz CT molecular complexity index is 649. The molecule has 0 bridgehead atoms. The summed E-state index contributed by atoms with van der Waals surface area (Å²) in [5.74, 6) is 0.374. The molecule has 27 heavy (non-hydrogen) atoms. The van der Waals surface area contributed by atoms with Gasteiger partial charge in [0.15, 0.2) is 12.4 Å². The first-order valence-electron chi connectivity index (χ1n) is 8.28. The first kappa shape index (κ1) is 21.7. The minimum atomic E-state index is 0.186. The van der Waals surface area contributed by atoms with Crippen LogP contribution in [-0.2, 0) is 13.1 Å². The summed E-state index contributed by atoms with van der Waals surface area (Å²) in [6.45, 7) is 3.13. The van der Waals surface area contributed by atoms with E-state index in [2.05, 4.69) is 30.8 Å². The zero-order valence-corrected chi connectivity index (χ0v) is 15.6. The first-order valence-corrected chi connectivity index (χ1v) is 8.28. The number of H-pyrrole nitrogens is 1. The smallest absolute Gasteiger partial charge is 0.204 e. The lowest BCUT2D eigenvalue weighted by molar-refractivity contribution is 0.519. The number of nitriles is 2. The molecule has 1 heterocycles. The predicted molar refractivity (Wildman–Crippen MR) is 102 cm³/mol. The van der Waals surface area contributed by atoms with Crippen molar-refractivity contribution in [2.24, 2.45) is 21.5 Å². The summed E-state index contributed by atoms with van der Waals surface area (Å²) in [7, 11) is 3.08. The highest BCUT2D eigenvalue weighted by atomic mass is 15.3. The molecule has 0 aliphatic rings. The molecule has 7 N–H and O–H groups in total. The van der Waals surface area contributed by atoms with Crippen LogP contribution in [0.25, 0.3) is 0 Å². The van der Waals surface area contributed by atoms with Crippen molar-refractivity contribution in [1.82, 2.24) is 30.6 Å². The molecule has 0 amide bonds. The van der Waals surface area contributed by atoms with Crippen molar-refractivity contribution in [1.29, 1.82) is 10.5 Å². The highest BCUT2D eigenvalue weighted by molar-refractivity contribution is 5.79. The minimum Gasteiger partial charge on any atom is -0.369 e. The molecule has 0 radical (unpaired) electrons. The van der Waals surface area contributed by atoms with Crippen LogP contribution in [0.1, 0.15) is 11.3 Å². The van der Waals surface area contributed by atoms with Gasteiger partial charge in [-0.25, -0.2) is 9.80 Å². The molecule has 0 unspecified atom stereocenters. The third kappa shape index (κ3) is 7.19. The van der Waals surface area contributed by atoms with Gasteiger partial charge in [0.25, 0.3) is 0 Å². The minimum absolute atomic E-state index is 0.186. The summed E-state index contributed by atoms with van der Waals surface area (Å²) >= 11 is 0. The quantitative estimate of drug-likeness (QED) is 0.102. The van der Waals surface area contributed by atoms with Crippen LogP contribution in [0, 0.1) is 22.9 Å². The third-order valence-corrected chi connectivity index (χ3v) is 3.70. The molecule has 1 aromatic rings. The van der Waals surface area contributed by atoms with Crippen molar-refractivity contribution >= 4 is 11.9 Å². The van der Waals surface area contributed by atoms with Crippen molar-refractivity contribution in [3.05, 3.63) is 17.5 Å². The fraction of sp³-hybridized carbons (Fsp3) is 0.533. The van der Waals surface area contributed by atoms with E-state index in [-0.39, 0.29) is 11.9 Å². The Morgan fingerprint density at radius 2 is 1.59 bits per heavy atom. The van der Waals surface area contributed by atoms with Gasteiger partial charge in [-0.2, -0.15) is 15.6 Å². The Kier molecular flexibility index (Phi) is 9.70. The van der Waals surface area contributed by atoms with Gasteiger partial charge in [-0.1, -0.05) is 0 Å². The van der Waals surface area contributed by atoms with Gasteiger partial charge in [-0.3, -0.25) is 15.1 Å². The van der Waals surface area contributed by atoms with E-state index < -0.39 is 0 Å². The van der Waals surface area contributed by atoms with Crippen molar-refractivity contribution in [2.45, 2.75) is 13.1 Å². The number of aromatic nitrogens is 2. The number of hydrogen-bond acceptors (Lipinski definition) is 7. The second-order valence-corrected chi connectivity index (χ2v) is 5.39. The molecule has 0 saturated carbocycles. The largest absolute Gasteiger partial charge is 0.369 e. The Hall–Kier alpha value is -3.35. The molecule has 0 aliphatic heterocycles. The molecule has 0 aliphatic carbocycles. The maximum absolute atomic E-state index is 9.01. The fourth-order valence-electron chi connectivity index (χ4n) is 2.13. The summed E-state index contributed by atoms with van der Waals surface area (Å²) in [4.78, 5) is 10.2. The molecule has 146 valence electrons. The van der Waals surface area contributed by atoms with Gasteiger partial charge in [-0.05, 0) is 0 Å². The van der Waals surface area contributed by atoms with Crippen molar-refractivity contribution < 1.29 is 0 Å². The summed E-state index contributed by atoms with van der Waals surface area (Å²) in [6.07, 6.45) is 5.71. The first-order chi connectivity index (χ1) is 13.1. The topological polar surface area (TPSA) is 184 Å². The van der Waals surface area contributed by atoms with E-state index in [1.54, 1.807) is 6.20 Å². The lowest BCUT2D eigenvalue weighted by Crippen LogP contribution is -2.38. The van der Waals surface area contributed by atoms with Crippen LogP contribution in [0.5, 0.6) is 0 Å². The van der Waals surface area contributed by atoms with Crippen molar-refractivity contribution in [2.75, 3.05) is 40.3 Å². The highest BCUT2D eigenvalue weighted by Gasteiger charge is 2.08. The normalized spacial score (nSPS) is 11.7. The molecule has 1 aromatic heterocycles. The highest BCUT2D eigenvalue weighted by Crippen LogP contribution is 2.03. The van der Waals surface area contributed by atoms with E-state index in [9.17, 15) is 0 Å². The molecule has 12 heteroatoms. The van der Waals surface area contributed by atoms with Gasteiger partial charge in [0.05, 0.1) is 11.9 Å². The van der Waals surface area contributed by atoms with Crippen LogP contribution in [-0.4, -0.2) is 72.2 Å². The monoisotopic (exact) mass is 374 g/mol. The maximum atomic E-state index is 9.01. The molecule has 1 rings (SSSR count). The van der Waals surface area contributed by atoms with Crippen LogP contribution in [0.2, 0.25) is 0 Å². The zero-order valence-electron chi connectivity index (χ0n) is 15.6. The molecule has 0 spiro atoms. The molecular formula is C15H26N12. The fourth-order valence-corrected chi connectivity index (χ4v) is 2.13. The number of aromatic amines is 1. The van der Waals surface area contributed by atoms with Gasteiger partial charge >= 0.3 is 0 Å². The van der Waals surface area contributed by atoms with E-state index in [0.29, 0.717) is 39.3 Å². The standard InChI is InChI=1S/C15H26N12/c1-20-14(18)26(10-16)5-3-22-7-12-8-24-25-13(12)9-23-4-6-27(11-17)15(19)21-2/h8,22-23H,3-7,9H2,1-2H3,(H2,18,20)(H2,19,21)(H,24,25). The van der Waals surface area contributed by atoms with Crippen LogP contribution in [0.4, 0.5) is 0 Å². The Morgan fingerprint density at radius 1 is 1.07 bits per heavy atom. The Labute approximate surface area is 158 Å². The summed E-state index contributed by atoms with van der Waals surface area (Å²) in [5.41, 5.74) is 13.2. The zero-order chi connectivity index (χ0) is 20.1. The van der Waals surface area contributed by atoms with E-state index in [4.69, 9.17) is 22.0 Å². The molecule has 0 atom stereocenters. The number of aliphatic imine (C=N–C) groups is 2. The number of hydrogen-bond donors (Lipinski definition) is 5. The van der Waals surface area contributed by atoms with Gasteiger partial charge in [-0.15, -0.1) is 0 Å². The van der Waals surface area contributed by atoms with Gasteiger partial charge in [0.1, 0.15) is 0 Å². The number of rotatable bonds is 10. The van der Waals surface area contributed by atoms with E-state index in [1.165, 1.54) is 23.9 Å². The van der Waals surface area contributed by atoms with Crippen molar-refractivity contribution in [3.8, 4) is 12.4 Å². The van der Waals surface area contributed by atoms with Gasteiger partial charge in [0.2, 0.25) is 11.9 Å². The number of nitrogens with one attached hydrogen (secondary N) is 3. The molecule has 0 saturated heterocycles. The number of guanidine groups is 2. The van der Waals surface area contributed by atoms with E-state index >= 15 is 0 Å². The van der Waals surface area contributed by atoms with Crippen LogP contribution in [0.15, 0.2) is 16.2 Å². The van der Waals surface area contributed by atoms with Crippen LogP contribution >= 0.6 is 0 Å². The van der Waals surface area contributed by atoms with Gasteiger partial charge in [0, 0.05) is 58.9 Å². The van der Waals surface area contributed by atoms with E-state index in [1.807, 2.05) is 12.4 Å². The summed E-state index contributed by atoms with van der Waals surface area (Å²) in [6, 6.07) is 0. The number of nitrogens with zero attached hydrogens (tertiary/aromatic N) is 7. The molecule has 0 aromatic carbocycles. The average molecular weight is 374 g/mol. The predicted octanol–water partition coefficient (Wildman–Crippen LogP) is -1.96. The Balaban J connectivity index is 2.36. The van der Waals surface area contributed by atoms with Gasteiger partial charge < -0.3 is 22.1 Å². The maximum Gasteiger partial charge on any atom is 0.204 e. The SMILES string of the molecule is CN=C(N)N(C#N)CCNCc1cn[nH]c1CNCCN(C#N)C(N)=NC. The lowest BCUT2D eigenvalue weighted by Gasteiger charge is -2.15. The molecule has 0 fully saturated rings. The van der Waals surface area contributed by atoms with Crippen molar-refractivity contribution in [3.63, 3.8) is 0 Å². The second kappa shape index (κ2) is 12.1. The average Bonchev–Trinajstić information content (AvgIpc) is 3.14. The summed E-state index contributed by atoms with van der Waals surface area (Å²) in [5, 5.41) is 31.5. The summed E-state index contributed by atoms with van der Waals surface area (Å²) < 4.78 is 0. The molecule has 12 nitrogen and oxygen atoms in total.